The third-order valence-electron chi connectivity index (χ3n) is 2.24. The van der Waals surface area contributed by atoms with Gasteiger partial charge in [0.2, 0.25) is 5.82 Å². The van der Waals surface area contributed by atoms with Gasteiger partial charge < -0.3 is 10.4 Å². The second-order valence-corrected chi connectivity index (χ2v) is 3.51. The lowest BCUT2D eigenvalue weighted by Gasteiger charge is -2.06. The van der Waals surface area contributed by atoms with E-state index < -0.39 is 5.91 Å². The van der Waals surface area contributed by atoms with Gasteiger partial charge in [0.05, 0.1) is 6.61 Å². The maximum Gasteiger partial charge on any atom is 0.295 e. The van der Waals surface area contributed by atoms with Crippen LogP contribution in [0.4, 0.5) is 5.69 Å². The first kappa shape index (κ1) is 11.3. The fraction of sp³-hybridized carbons (Fsp3) is 0.182. The largest absolute Gasteiger partial charge is 0.392 e. The first-order valence-corrected chi connectivity index (χ1v) is 5.10. The lowest BCUT2D eigenvalue weighted by molar-refractivity contribution is 0.101. The minimum atomic E-state index is -0.407. The molecule has 0 radical (unpaired) electrons. The number of aliphatic hydroxyl groups excluding tert-OH is 1. The normalized spacial score (nSPS) is 10.2. The molecule has 0 aliphatic carbocycles. The number of para-hydroxylation sites is 1. The van der Waals surface area contributed by atoms with Gasteiger partial charge in [-0.15, -0.1) is 5.10 Å². The van der Waals surface area contributed by atoms with Gasteiger partial charge in [0.25, 0.3) is 5.91 Å². The predicted octanol–water partition coefficient (Wildman–Crippen LogP) is 0.858. The Balaban J connectivity index is 2.18. The summed E-state index contributed by atoms with van der Waals surface area (Å²) in [4.78, 5) is 15.7. The van der Waals surface area contributed by atoms with Crippen LogP contribution in [0.2, 0.25) is 0 Å². The molecule has 0 aliphatic heterocycles. The highest BCUT2D eigenvalue weighted by atomic mass is 16.3. The minimum Gasteiger partial charge on any atom is -0.392 e. The van der Waals surface area contributed by atoms with Crippen molar-refractivity contribution in [2.75, 3.05) is 5.32 Å². The highest BCUT2D eigenvalue weighted by molar-refractivity contribution is 6.01. The molecule has 0 unspecified atom stereocenters. The van der Waals surface area contributed by atoms with Crippen LogP contribution >= 0.6 is 0 Å². The van der Waals surface area contributed by atoms with Gasteiger partial charge in [-0.25, -0.2) is 4.98 Å². The Morgan fingerprint density at radius 1 is 1.47 bits per heavy atom. The SMILES string of the molecule is Cc1nc(C(=O)Nc2ccccc2CO)n[nH]1. The molecule has 0 saturated carbocycles. The molecule has 0 saturated heterocycles. The second kappa shape index (κ2) is 4.75. The lowest BCUT2D eigenvalue weighted by Crippen LogP contribution is -2.15. The molecular weight excluding hydrogens is 220 g/mol. The molecule has 0 atom stereocenters. The number of hydrogen-bond acceptors (Lipinski definition) is 4. The Morgan fingerprint density at radius 2 is 2.24 bits per heavy atom. The average molecular weight is 232 g/mol. The average Bonchev–Trinajstić information content (AvgIpc) is 2.77. The Bertz CT molecular complexity index is 536. The first-order valence-electron chi connectivity index (χ1n) is 5.10. The van der Waals surface area contributed by atoms with Crippen LogP contribution in [0.3, 0.4) is 0 Å². The molecule has 1 amide bonds. The second-order valence-electron chi connectivity index (χ2n) is 3.51. The van der Waals surface area contributed by atoms with Gasteiger partial charge >= 0.3 is 0 Å². The summed E-state index contributed by atoms with van der Waals surface area (Å²) >= 11 is 0. The van der Waals surface area contributed by atoms with Crippen LogP contribution in [-0.4, -0.2) is 26.2 Å². The molecule has 17 heavy (non-hydrogen) atoms. The molecule has 1 aromatic heterocycles. The Labute approximate surface area is 97.7 Å². The zero-order valence-corrected chi connectivity index (χ0v) is 9.27. The zero-order valence-electron chi connectivity index (χ0n) is 9.27. The first-order chi connectivity index (χ1) is 8.20. The van der Waals surface area contributed by atoms with Crippen LogP contribution in [0.5, 0.6) is 0 Å². The van der Waals surface area contributed by atoms with Crippen LogP contribution in [0.25, 0.3) is 0 Å². The monoisotopic (exact) mass is 232 g/mol. The molecule has 1 heterocycles. The lowest BCUT2D eigenvalue weighted by atomic mass is 10.2. The molecule has 2 rings (SSSR count). The number of H-pyrrole nitrogens is 1. The fourth-order valence-electron chi connectivity index (χ4n) is 1.40. The molecule has 6 nitrogen and oxygen atoms in total. The minimum absolute atomic E-state index is 0.0789. The standard InChI is InChI=1S/C11H12N4O2/c1-7-12-10(15-14-7)11(17)13-9-5-3-2-4-8(9)6-16/h2-5,16H,6H2,1H3,(H,13,17)(H,12,14,15). The quantitative estimate of drug-likeness (QED) is 0.731. The summed E-state index contributed by atoms with van der Waals surface area (Å²) in [6.07, 6.45) is 0. The summed E-state index contributed by atoms with van der Waals surface area (Å²) in [7, 11) is 0. The number of benzene rings is 1. The molecule has 0 bridgehead atoms. The summed E-state index contributed by atoms with van der Waals surface area (Å²) in [5.74, 6) is 0.246. The third-order valence-corrected chi connectivity index (χ3v) is 2.24. The number of amides is 1. The molecule has 0 spiro atoms. The summed E-state index contributed by atoms with van der Waals surface area (Å²) in [5.41, 5.74) is 1.20. The summed E-state index contributed by atoms with van der Waals surface area (Å²) < 4.78 is 0. The van der Waals surface area contributed by atoms with E-state index in [1.165, 1.54) is 0 Å². The number of nitrogens with one attached hydrogen (secondary N) is 2. The Kier molecular flexibility index (Phi) is 3.15. The summed E-state index contributed by atoms with van der Waals surface area (Å²) in [5, 5.41) is 18.1. The van der Waals surface area contributed by atoms with Gasteiger partial charge in [-0.2, -0.15) is 0 Å². The molecular formula is C11H12N4O2. The molecule has 2 aromatic rings. The maximum atomic E-state index is 11.8. The summed E-state index contributed by atoms with van der Waals surface area (Å²) in [6.45, 7) is 1.58. The van der Waals surface area contributed by atoms with E-state index in [-0.39, 0.29) is 12.4 Å². The van der Waals surface area contributed by atoms with Gasteiger partial charge in [-0.3, -0.25) is 9.89 Å². The topological polar surface area (TPSA) is 90.9 Å². The summed E-state index contributed by atoms with van der Waals surface area (Å²) in [6, 6.07) is 7.01. The number of aryl methyl sites for hydroxylation is 1. The van der Waals surface area contributed by atoms with Gasteiger partial charge in [-0.05, 0) is 13.0 Å². The smallest absolute Gasteiger partial charge is 0.295 e. The number of carbonyl (C=O) groups is 1. The van der Waals surface area contributed by atoms with Crippen LogP contribution in [0.1, 0.15) is 22.0 Å². The van der Waals surface area contributed by atoms with E-state index in [0.717, 1.165) is 0 Å². The van der Waals surface area contributed by atoms with Gasteiger partial charge in [0.15, 0.2) is 0 Å². The molecule has 0 aliphatic rings. The molecule has 6 heteroatoms. The molecule has 3 N–H and O–H groups in total. The van der Waals surface area contributed by atoms with Crippen LogP contribution in [0.15, 0.2) is 24.3 Å². The molecule has 1 aromatic carbocycles. The number of carbonyl (C=O) groups excluding carboxylic acids is 1. The van der Waals surface area contributed by atoms with Crippen molar-refractivity contribution in [3.8, 4) is 0 Å². The number of anilines is 1. The van der Waals surface area contributed by atoms with E-state index in [9.17, 15) is 4.79 Å². The van der Waals surface area contributed by atoms with E-state index in [1.54, 1.807) is 31.2 Å². The van der Waals surface area contributed by atoms with Crippen molar-refractivity contribution in [2.24, 2.45) is 0 Å². The van der Waals surface area contributed by atoms with Crippen molar-refractivity contribution in [3.05, 3.63) is 41.5 Å². The van der Waals surface area contributed by atoms with Crippen molar-refractivity contribution < 1.29 is 9.90 Å². The van der Waals surface area contributed by atoms with E-state index in [4.69, 9.17) is 5.11 Å². The Hall–Kier alpha value is -2.21. The van der Waals surface area contributed by atoms with E-state index in [0.29, 0.717) is 17.1 Å². The number of aliphatic hydroxyl groups is 1. The highest BCUT2D eigenvalue weighted by Crippen LogP contribution is 2.15. The van der Waals surface area contributed by atoms with Crippen LogP contribution in [-0.2, 0) is 6.61 Å². The predicted molar refractivity (Wildman–Crippen MR) is 61.4 cm³/mol. The fourth-order valence-corrected chi connectivity index (χ4v) is 1.40. The number of nitrogens with zero attached hydrogens (tertiary/aromatic N) is 2. The Morgan fingerprint density at radius 3 is 2.88 bits per heavy atom. The molecule has 0 fully saturated rings. The molecule has 88 valence electrons. The van der Waals surface area contributed by atoms with E-state index in [1.807, 2.05) is 0 Å². The van der Waals surface area contributed by atoms with Gasteiger partial charge in [0.1, 0.15) is 5.82 Å². The number of aromatic nitrogens is 3. The number of rotatable bonds is 3. The van der Waals surface area contributed by atoms with Crippen molar-refractivity contribution >= 4 is 11.6 Å². The zero-order chi connectivity index (χ0) is 12.3. The third kappa shape index (κ3) is 2.48. The number of hydrogen-bond donors (Lipinski definition) is 3. The number of aromatic amines is 1. The van der Waals surface area contributed by atoms with Gasteiger partial charge in [0, 0.05) is 11.3 Å². The van der Waals surface area contributed by atoms with Crippen LogP contribution < -0.4 is 5.32 Å². The van der Waals surface area contributed by atoms with E-state index >= 15 is 0 Å². The van der Waals surface area contributed by atoms with Crippen LogP contribution in [0, 0.1) is 6.92 Å². The highest BCUT2D eigenvalue weighted by Gasteiger charge is 2.12. The van der Waals surface area contributed by atoms with Crippen molar-refractivity contribution in [1.82, 2.24) is 15.2 Å². The van der Waals surface area contributed by atoms with Crippen molar-refractivity contribution in [2.45, 2.75) is 13.5 Å². The van der Waals surface area contributed by atoms with Gasteiger partial charge in [-0.1, -0.05) is 18.2 Å². The van der Waals surface area contributed by atoms with E-state index in [2.05, 4.69) is 20.5 Å². The maximum absolute atomic E-state index is 11.8. The van der Waals surface area contributed by atoms with Crippen molar-refractivity contribution in [1.29, 1.82) is 0 Å². The van der Waals surface area contributed by atoms with Crippen molar-refractivity contribution in [3.63, 3.8) is 0 Å².